The molecule has 0 aromatic carbocycles. The minimum atomic E-state index is -0.521. The van der Waals surface area contributed by atoms with Gasteiger partial charge in [0.2, 0.25) is 0 Å². The van der Waals surface area contributed by atoms with Gasteiger partial charge in [0.05, 0.1) is 31.1 Å². The van der Waals surface area contributed by atoms with Crippen molar-refractivity contribution in [3.8, 4) is 0 Å². The zero-order valence-electron chi connectivity index (χ0n) is 13.5. The molecule has 0 bridgehead atoms. The summed E-state index contributed by atoms with van der Waals surface area (Å²) < 4.78 is 11.1. The second-order valence-corrected chi connectivity index (χ2v) is 7.24. The zero-order valence-corrected chi connectivity index (χ0v) is 14.3. The normalized spacial score (nSPS) is 13.7. The van der Waals surface area contributed by atoms with Gasteiger partial charge in [0.25, 0.3) is 0 Å². The first-order chi connectivity index (χ1) is 10.4. The van der Waals surface area contributed by atoms with Gasteiger partial charge in [0.15, 0.2) is 0 Å². The summed E-state index contributed by atoms with van der Waals surface area (Å²) in [5.41, 5.74) is 1.01. The van der Waals surface area contributed by atoms with E-state index in [9.17, 15) is 5.11 Å². The molecule has 22 heavy (non-hydrogen) atoms. The van der Waals surface area contributed by atoms with Crippen LogP contribution in [0.4, 0.5) is 0 Å². The molecule has 0 spiro atoms. The first kappa shape index (κ1) is 17.2. The summed E-state index contributed by atoms with van der Waals surface area (Å²) >= 11 is 1.68. The van der Waals surface area contributed by atoms with Crippen LogP contribution in [0.25, 0.3) is 0 Å². The Balaban J connectivity index is 1.91. The first-order valence-electron chi connectivity index (χ1n) is 7.50. The SMILES string of the molecule is CC(C)(C)OC[C@@H](O)CN(Cc1ccsc1)Cc1ccco1. The summed E-state index contributed by atoms with van der Waals surface area (Å²) in [6.45, 7) is 8.32. The van der Waals surface area contributed by atoms with Crippen molar-refractivity contribution in [2.24, 2.45) is 0 Å². The Labute approximate surface area is 136 Å². The van der Waals surface area contributed by atoms with Crippen LogP contribution in [0.15, 0.2) is 39.6 Å². The highest BCUT2D eigenvalue weighted by atomic mass is 32.1. The molecular weight excluding hydrogens is 298 g/mol. The van der Waals surface area contributed by atoms with Crippen molar-refractivity contribution in [1.29, 1.82) is 0 Å². The molecular formula is C17H25NO3S. The van der Waals surface area contributed by atoms with Gasteiger partial charge in [-0.1, -0.05) is 0 Å². The standard InChI is InChI=1S/C17H25NO3S/c1-17(2,3)21-12-15(19)10-18(9-14-6-8-22-13-14)11-16-5-4-7-20-16/h4-8,13,15,19H,9-12H2,1-3H3/t15-/m0/s1. The van der Waals surface area contributed by atoms with Gasteiger partial charge >= 0.3 is 0 Å². The number of aliphatic hydroxyl groups is 1. The molecule has 5 heteroatoms. The molecule has 0 amide bonds. The van der Waals surface area contributed by atoms with Crippen LogP contribution >= 0.6 is 11.3 Å². The van der Waals surface area contributed by atoms with E-state index in [4.69, 9.17) is 9.15 Å². The third kappa shape index (κ3) is 6.32. The fraction of sp³-hybridized carbons (Fsp3) is 0.529. The summed E-state index contributed by atoms with van der Waals surface area (Å²) in [4.78, 5) is 2.18. The van der Waals surface area contributed by atoms with Crippen molar-refractivity contribution in [3.63, 3.8) is 0 Å². The lowest BCUT2D eigenvalue weighted by Crippen LogP contribution is -2.36. The number of hydrogen-bond acceptors (Lipinski definition) is 5. The molecule has 2 rings (SSSR count). The Morgan fingerprint density at radius 3 is 2.73 bits per heavy atom. The van der Waals surface area contributed by atoms with E-state index in [1.807, 2.05) is 32.9 Å². The molecule has 0 saturated carbocycles. The molecule has 2 heterocycles. The fourth-order valence-corrected chi connectivity index (χ4v) is 2.81. The highest BCUT2D eigenvalue weighted by molar-refractivity contribution is 7.07. The number of nitrogens with zero attached hydrogens (tertiary/aromatic N) is 1. The maximum Gasteiger partial charge on any atom is 0.117 e. The highest BCUT2D eigenvalue weighted by Gasteiger charge is 2.17. The van der Waals surface area contributed by atoms with E-state index in [1.165, 1.54) is 5.56 Å². The van der Waals surface area contributed by atoms with Crippen molar-refractivity contribution < 1.29 is 14.3 Å². The summed E-state index contributed by atoms with van der Waals surface area (Å²) in [5.74, 6) is 0.902. The Kier molecular flexibility index (Phi) is 6.20. The van der Waals surface area contributed by atoms with Crippen LogP contribution in [0.5, 0.6) is 0 Å². The van der Waals surface area contributed by atoms with Crippen LogP contribution < -0.4 is 0 Å². The highest BCUT2D eigenvalue weighted by Crippen LogP contribution is 2.14. The van der Waals surface area contributed by atoms with E-state index in [0.29, 0.717) is 19.7 Å². The average molecular weight is 323 g/mol. The third-order valence-corrected chi connectivity index (χ3v) is 3.86. The van der Waals surface area contributed by atoms with E-state index < -0.39 is 6.10 Å². The molecule has 4 nitrogen and oxygen atoms in total. The van der Waals surface area contributed by atoms with E-state index >= 15 is 0 Å². The third-order valence-electron chi connectivity index (χ3n) is 3.12. The Hall–Kier alpha value is -1.14. The Morgan fingerprint density at radius 2 is 2.14 bits per heavy atom. The molecule has 0 fully saturated rings. The van der Waals surface area contributed by atoms with Gasteiger partial charge in [-0.2, -0.15) is 11.3 Å². The van der Waals surface area contributed by atoms with Crippen molar-refractivity contribution in [1.82, 2.24) is 4.90 Å². The number of aliphatic hydroxyl groups excluding tert-OH is 1. The molecule has 1 atom stereocenters. The maximum absolute atomic E-state index is 10.2. The predicted molar refractivity (Wildman–Crippen MR) is 88.9 cm³/mol. The molecule has 1 N–H and O–H groups in total. The lowest BCUT2D eigenvalue weighted by molar-refractivity contribution is -0.0576. The molecule has 0 saturated heterocycles. The predicted octanol–water partition coefficient (Wildman–Crippen LogP) is 3.52. The van der Waals surface area contributed by atoms with Gasteiger partial charge in [-0.05, 0) is 55.3 Å². The van der Waals surface area contributed by atoms with Crippen LogP contribution in [0.1, 0.15) is 32.1 Å². The molecule has 0 unspecified atom stereocenters. The average Bonchev–Trinajstić information content (AvgIpc) is 3.09. The zero-order chi connectivity index (χ0) is 16.0. The summed E-state index contributed by atoms with van der Waals surface area (Å²) in [6.07, 6.45) is 1.16. The topological polar surface area (TPSA) is 45.8 Å². The molecule has 122 valence electrons. The monoisotopic (exact) mass is 323 g/mol. The largest absolute Gasteiger partial charge is 0.468 e. The summed E-state index contributed by atoms with van der Waals surface area (Å²) in [7, 11) is 0. The fourth-order valence-electron chi connectivity index (χ4n) is 2.15. The number of ether oxygens (including phenoxy) is 1. The second kappa shape index (κ2) is 7.92. The van der Waals surface area contributed by atoms with E-state index in [1.54, 1.807) is 17.6 Å². The summed E-state index contributed by atoms with van der Waals surface area (Å²) in [6, 6.07) is 5.95. The number of rotatable bonds is 8. The van der Waals surface area contributed by atoms with Crippen LogP contribution in [0.3, 0.4) is 0 Å². The Morgan fingerprint density at radius 1 is 1.32 bits per heavy atom. The number of hydrogen-bond donors (Lipinski definition) is 1. The van der Waals surface area contributed by atoms with Gasteiger partial charge in [-0.25, -0.2) is 0 Å². The molecule has 2 aromatic rings. The van der Waals surface area contributed by atoms with Crippen molar-refractivity contribution in [2.75, 3.05) is 13.2 Å². The minimum absolute atomic E-state index is 0.236. The number of thiophene rings is 1. The van der Waals surface area contributed by atoms with Gasteiger partial charge in [0.1, 0.15) is 5.76 Å². The van der Waals surface area contributed by atoms with Gasteiger partial charge in [-0.3, -0.25) is 4.90 Å². The van der Waals surface area contributed by atoms with Crippen LogP contribution in [-0.4, -0.2) is 34.9 Å². The van der Waals surface area contributed by atoms with Crippen LogP contribution in [-0.2, 0) is 17.8 Å². The van der Waals surface area contributed by atoms with Crippen LogP contribution in [0.2, 0.25) is 0 Å². The summed E-state index contributed by atoms with van der Waals surface area (Å²) in [5, 5.41) is 14.4. The molecule has 0 aliphatic heterocycles. The minimum Gasteiger partial charge on any atom is -0.468 e. The van der Waals surface area contributed by atoms with Crippen molar-refractivity contribution >= 4 is 11.3 Å². The van der Waals surface area contributed by atoms with Gasteiger partial charge in [-0.15, -0.1) is 0 Å². The quantitative estimate of drug-likeness (QED) is 0.807. The molecule has 0 radical (unpaired) electrons. The molecule has 0 aliphatic carbocycles. The second-order valence-electron chi connectivity index (χ2n) is 6.46. The maximum atomic E-state index is 10.2. The van der Waals surface area contributed by atoms with E-state index in [0.717, 1.165) is 12.3 Å². The smallest absolute Gasteiger partial charge is 0.117 e. The number of furan rings is 1. The first-order valence-corrected chi connectivity index (χ1v) is 8.44. The lowest BCUT2D eigenvalue weighted by Gasteiger charge is -2.26. The van der Waals surface area contributed by atoms with Crippen LogP contribution in [0, 0.1) is 0 Å². The van der Waals surface area contributed by atoms with Crippen molar-refractivity contribution in [3.05, 3.63) is 46.5 Å². The van der Waals surface area contributed by atoms with Crippen molar-refractivity contribution in [2.45, 2.75) is 45.6 Å². The van der Waals surface area contributed by atoms with Gasteiger partial charge < -0.3 is 14.3 Å². The van der Waals surface area contributed by atoms with E-state index in [-0.39, 0.29) is 5.60 Å². The molecule has 0 aliphatic rings. The lowest BCUT2D eigenvalue weighted by atomic mass is 10.2. The van der Waals surface area contributed by atoms with E-state index in [2.05, 4.69) is 21.7 Å². The molecule has 2 aromatic heterocycles. The Bertz CT molecular complexity index is 480. The van der Waals surface area contributed by atoms with Gasteiger partial charge in [0, 0.05) is 13.1 Å².